The lowest BCUT2D eigenvalue weighted by atomic mass is 9.93. The van der Waals surface area contributed by atoms with Crippen LogP contribution in [0, 0.1) is 19.3 Å². The number of aromatic amines is 1. The summed E-state index contributed by atoms with van der Waals surface area (Å²) in [6.07, 6.45) is 4.36. The number of hydrogen-bond donors (Lipinski definition) is 4. The van der Waals surface area contributed by atoms with Gasteiger partial charge in [-0.15, -0.1) is 6.42 Å². The number of anilines is 2. The summed E-state index contributed by atoms with van der Waals surface area (Å²) in [5, 5.41) is 23.3. The maximum Gasteiger partial charge on any atom is 0.411 e. The predicted octanol–water partition coefficient (Wildman–Crippen LogP) is 3.80. The number of carbonyl (C=O) groups is 2. The number of fused-ring (bicyclic) bond motifs is 2. The zero-order chi connectivity index (χ0) is 23.3. The number of aromatic nitrogens is 2. The number of terminal acetylenes is 1. The van der Waals surface area contributed by atoms with E-state index in [1.165, 1.54) is 4.90 Å². The number of rotatable bonds is 3. The zero-order valence-corrected chi connectivity index (χ0v) is 17.5. The first-order valence-electron chi connectivity index (χ1n) is 10.1. The highest BCUT2D eigenvalue weighted by Crippen LogP contribution is 2.45. The molecule has 1 aliphatic rings. The third-order valence-electron chi connectivity index (χ3n) is 5.66. The lowest BCUT2D eigenvalue weighted by molar-refractivity contribution is 0.0704. The molecule has 0 aliphatic carbocycles. The van der Waals surface area contributed by atoms with Crippen LogP contribution in [0.25, 0.3) is 11.0 Å². The topological polar surface area (TPSA) is 119 Å². The summed E-state index contributed by atoms with van der Waals surface area (Å²) in [4.78, 5) is 32.9. The Morgan fingerprint density at radius 1 is 1.18 bits per heavy atom. The average Bonchev–Trinajstić information content (AvgIpc) is 3.28. The van der Waals surface area contributed by atoms with Crippen LogP contribution in [0.15, 0.2) is 60.7 Å². The molecule has 2 heterocycles. The van der Waals surface area contributed by atoms with Crippen molar-refractivity contribution in [1.82, 2.24) is 9.97 Å². The first kappa shape index (κ1) is 20.3. The molecule has 0 saturated heterocycles. The van der Waals surface area contributed by atoms with Crippen molar-refractivity contribution in [3.63, 3.8) is 0 Å². The van der Waals surface area contributed by atoms with Crippen molar-refractivity contribution in [2.45, 2.75) is 12.6 Å². The Kier molecular flexibility index (Phi) is 4.44. The molecule has 0 saturated carbocycles. The van der Waals surface area contributed by atoms with Gasteiger partial charge in [0, 0.05) is 27.9 Å². The lowest BCUT2D eigenvalue weighted by Gasteiger charge is -2.35. The molecule has 0 spiro atoms. The average molecular weight is 438 g/mol. The molecule has 1 aliphatic heterocycles. The Labute approximate surface area is 188 Å². The number of carbonyl (C=O) groups excluding carboxylic acids is 1. The molecule has 1 aromatic heterocycles. The van der Waals surface area contributed by atoms with E-state index in [0.717, 1.165) is 5.56 Å². The molecule has 1 unspecified atom stereocenters. The summed E-state index contributed by atoms with van der Waals surface area (Å²) in [5.74, 6) is 2.28. The Bertz CT molecular complexity index is 1500. The van der Waals surface area contributed by atoms with Gasteiger partial charge in [-0.25, -0.2) is 9.78 Å². The first-order valence-corrected chi connectivity index (χ1v) is 10.1. The van der Waals surface area contributed by atoms with Gasteiger partial charge in [0.25, 0.3) is 5.91 Å². The van der Waals surface area contributed by atoms with Gasteiger partial charge in [-0.1, -0.05) is 30.2 Å². The van der Waals surface area contributed by atoms with Crippen LogP contribution in [0.1, 0.15) is 32.6 Å². The van der Waals surface area contributed by atoms with Gasteiger partial charge in [0.15, 0.2) is 5.72 Å². The summed E-state index contributed by atoms with van der Waals surface area (Å²) in [6.45, 7) is 1.86. The number of aliphatic hydroxyl groups is 1. The maximum absolute atomic E-state index is 13.5. The number of nitrogens with zero attached hydrogens (tertiary/aromatic N) is 2. The third kappa shape index (κ3) is 3.11. The molecule has 33 heavy (non-hydrogen) atoms. The highest BCUT2D eigenvalue weighted by Gasteiger charge is 2.50. The first-order chi connectivity index (χ1) is 15.8. The molecule has 8 nitrogen and oxygen atoms in total. The molecule has 0 fully saturated rings. The molecule has 5 rings (SSSR count). The number of carboxylic acid groups (broad SMARTS) is 1. The van der Waals surface area contributed by atoms with Crippen molar-refractivity contribution in [3.8, 4) is 12.3 Å². The SMILES string of the molecule is C#Cc1cc(C)cc(N2C(=O)c3ccccc3C2(O)c2ccc3[nH]c(NC(=O)O)nc3c2)c1. The second-order valence-electron chi connectivity index (χ2n) is 7.81. The van der Waals surface area contributed by atoms with Gasteiger partial charge in [-0.3, -0.25) is 15.0 Å². The molecule has 8 heteroatoms. The van der Waals surface area contributed by atoms with Crippen LogP contribution in [0.3, 0.4) is 0 Å². The molecular formula is C25H18N4O4. The molecule has 4 aromatic rings. The fourth-order valence-corrected chi connectivity index (χ4v) is 4.31. The van der Waals surface area contributed by atoms with Crippen LogP contribution in [0.2, 0.25) is 0 Å². The Morgan fingerprint density at radius 3 is 2.73 bits per heavy atom. The minimum absolute atomic E-state index is 0.0544. The largest absolute Gasteiger partial charge is 0.465 e. The quantitative estimate of drug-likeness (QED) is 0.363. The fourth-order valence-electron chi connectivity index (χ4n) is 4.31. The Balaban J connectivity index is 1.73. The zero-order valence-electron chi connectivity index (χ0n) is 17.5. The smallest absolute Gasteiger partial charge is 0.411 e. The fraction of sp³-hybridized carbons (Fsp3) is 0.0800. The summed E-state index contributed by atoms with van der Waals surface area (Å²) < 4.78 is 0. The van der Waals surface area contributed by atoms with Crippen LogP contribution < -0.4 is 10.2 Å². The highest BCUT2D eigenvalue weighted by atomic mass is 16.4. The van der Waals surface area contributed by atoms with Crippen molar-refractivity contribution < 1.29 is 19.8 Å². The predicted molar refractivity (Wildman–Crippen MR) is 123 cm³/mol. The second-order valence-corrected chi connectivity index (χ2v) is 7.81. The van der Waals surface area contributed by atoms with Crippen molar-refractivity contribution in [1.29, 1.82) is 0 Å². The van der Waals surface area contributed by atoms with Crippen LogP contribution in [0.4, 0.5) is 16.4 Å². The van der Waals surface area contributed by atoms with E-state index in [9.17, 15) is 14.7 Å². The van der Waals surface area contributed by atoms with Gasteiger partial charge < -0.3 is 15.2 Å². The van der Waals surface area contributed by atoms with Crippen LogP contribution in [0.5, 0.6) is 0 Å². The summed E-state index contributed by atoms with van der Waals surface area (Å²) in [7, 11) is 0. The van der Waals surface area contributed by atoms with Gasteiger partial charge in [-0.05, 0) is 48.9 Å². The number of nitrogens with one attached hydrogen (secondary N) is 2. The molecular weight excluding hydrogens is 420 g/mol. The van der Waals surface area contributed by atoms with E-state index >= 15 is 0 Å². The third-order valence-corrected chi connectivity index (χ3v) is 5.66. The van der Waals surface area contributed by atoms with Crippen LogP contribution >= 0.6 is 0 Å². The standard InChI is InChI=1S/C25H18N4O4/c1-3-15-10-14(2)11-17(12-15)29-22(30)18-6-4-5-7-19(18)25(29,33)16-8-9-20-21(13-16)27-23(26-20)28-24(31)32/h1,4-13,33H,2H3,(H,31,32)(H2,26,27,28). The summed E-state index contributed by atoms with van der Waals surface area (Å²) >= 11 is 0. The Morgan fingerprint density at radius 2 is 1.97 bits per heavy atom. The number of imidazole rings is 1. The van der Waals surface area contributed by atoms with E-state index in [1.807, 2.05) is 13.0 Å². The van der Waals surface area contributed by atoms with Gasteiger partial charge in [0.05, 0.1) is 11.0 Å². The molecule has 3 aromatic carbocycles. The van der Waals surface area contributed by atoms with Gasteiger partial charge in [0.2, 0.25) is 5.95 Å². The van der Waals surface area contributed by atoms with Crippen LogP contribution in [-0.4, -0.2) is 32.2 Å². The number of H-pyrrole nitrogens is 1. The van der Waals surface area contributed by atoms with Crippen molar-refractivity contribution in [3.05, 3.63) is 88.5 Å². The van der Waals surface area contributed by atoms with Gasteiger partial charge in [0.1, 0.15) is 0 Å². The van der Waals surface area contributed by atoms with E-state index in [2.05, 4.69) is 21.2 Å². The molecule has 1 atom stereocenters. The second kappa shape index (κ2) is 7.22. The van der Waals surface area contributed by atoms with E-state index < -0.39 is 11.8 Å². The minimum atomic E-state index is -1.83. The molecule has 162 valence electrons. The number of aryl methyl sites for hydroxylation is 1. The van der Waals surface area contributed by atoms with E-state index in [0.29, 0.717) is 39.0 Å². The number of amides is 2. The van der Waals surface area contributed by atoms with Crippen molar-refractivity contribution in [2.24, 2.45) is 0 Å². The number of hydrogen-bond acceptors (Lipinski definition) is 4. The van der Waals surface area contributed by atoms with E-state index in [1.54, 1.807) is 54.6 Å². The summed E-state index contributed by atoms with van der Waals surface area (Å²) in [5.41, 5.74) is 2.25. The maximum atomic E-state index is 13.5. The molecule has 4 N–H and O–H groups in total. The molecule has 0 radical (unpaired) electrons. The van der Waals surface area contributed by atoms with E-state index in [-0.39, 0.29) is 11.9 Å². The summed E-state index contributed by atoms with van der Waals surface area (Å²) in [6, 6.07) is 17.1. The number of benzene rings is 3. The highest BCUT2D eigenvalue weighted by molar-refractivity contribution is 6.12. The minimum Gasteiger partial charge on any atom is -0.465 e. The van der Waals surface area contributed by atoms with Crippen molar-refractivity contribution in [2.75, 3.05) is 10.2 Å². The van der Waals surface area contributed by atoms with Crippen LogP contribution in [-0.2, 0) is 5.72 Å². The Hall–Kier alpha value is -4.61. The lowest BCUT2D eigenvalue weighted by Crippen LogP contribution is -2.45. The van der Waals surface area contributed by atoms with Crippen molar-refractivity contribution >= 4 is 34.7 Å². The van der Waals surface area contributed by atoms with Gasteiger partial charge in [-0.2, -0.15) is 0 Å². The molecule has 2 amide bonds. The monoisotopic (exact) mass is 438 g/mol. The van der Waals surface area contributed by atoms with Gasteiger partial charge >= 0.3 is 6.09 Å². The normalized spacial score (nSPS) is 17.1. The molecule has 0 bridgehead atoms. The van der Waals surface area contributed by atoms with E-state index in [4.69, 9.17) is 11.5 Å².